The van der Waals surface area contributed by atoms with Crippen molar-refractivity contribution < 1.29 is 25.2 Å². The fourth-order valence-electron chi connectivity index (χ4n) is 2.61. The Hall–Kier alpha value is -0.730. The number of carbonyl (C=O) groups is 1. The first-order valence-corrected chi connectivity index (χ1v) is 7.67. The molecule has 0 aliphatic heterocycles. The first kappa shape index (κ1) is 18.3. The minimum atomic E-state index is -1.53. The summed E-state index contributed by atoms with van der Waals surface area (Å²) in [5.41, 5.74) is 5.71. The zero-order valence-corrected chi connectivity index (χ0v) is 12.5. The van der Waals surface area contributed by atoms with E-state index in [-0.39, 0.29) is 5.91 Å². The van der Waals surface area contributed by atoms with Gasteiger partial charge in [0.05, 0.1) is 18.2 Å². The third kappa shape index (κ3) is 4.89. The van der Waals surface area contributed by atoms with Crippen molar-refractivity contribution >= 4 is 5.91 Å². The normalized spacial score (nSPS) is 36.5. The predicted molar refractivity (Wildman–Crippen MR) is 77.3 cm³/mol. The molecule has 1 rings (SSSR count). The van der Waals surface area contributed by atoms with Crippen LogP contribution in [0.1, 0.15) is 45.4 Å². The van der Waals surface area contributed by atoms with Crippen molar-refractivity contribution in [1.82, 2.24) is 5.32 Å². The van der Waals surface area contributed by atoms with E-state index in [4.69, 9.17) is 5.73 Å². The molecule has 6 atom stereocenters. The molecule has 0 unspecified atom stereocenters. The SMILES string of the molecule is CCCCCCCC(=O)N[C@H]1[C@@H](N)[C@H](O)[C@@H](O)[C@H](O)[C@H]1O. The minimum Gasteiger partial charge on any atom is -0.389 e. The first-order chi connectivity index (χ1) is 9.90. The van der Waals surface area contributed by atoms with Crippen LogP contribution in [0.5, 0.6) is 0 Å². The quantitative estimate of drug-likeness (QED) is 0.321. The summed E-state index contributed by atoms with van der Waals surface area (Å²) in [6, 6.07) is -2.00. The molecule has 0 heterocycles. The van der Waals surface area contributed by atoms with Crippen molar-refractivity contribution in [1.29, 1.82) is 0 Å². The second kappa shape index (κ2) is 8.65. The van der Waals surface area contributed by atoms with Gasteiger partial charge in [0.2, 0.25) is 5.91 Å². The van der Waals surface area contributed by atoms with Crippen LogP contribution in [0.3, 0.4) is 0 Å². The molecule has 1 aliphatic carbocycles. The van der Waals surface area contributed by atoms with E-state index in [9.17, 15) is 25.2 Å². The molecule has 7 N–H and O–H groups in total. The Labute approximate surface area is 125 Å². The summed E-state index contributed by atoms with van der Waals surface area (Å²) in [4.78, 5) is 11.8. The van der Waals surface area contributed by atoms with Gasteiger partial charge in [-0.25, -0.2) is 0 Å². The molecular formula is C14H28N2O5. The number of rotatable bonds is 7. The zero-order chi connectivity index (χ0) is 16.0. The lowest BCUT2D eigenvalue weighted by Gasteiger charge is -2.42. The minimum absolute atomic E-state index is 0.276. The van der Waals surface area contributed by atoms with Gasteiger partial charge in [0.15, 0.2) is 0 Å². The zero-order valence-electron chi connectivity index (χ0n) is 12.5. The molecule has 0 radical (unpaired) electrons. The Balaban J connectivity index is 2.43. The number of nitrogens with two attached hydrogens (primary N) is 1. The molecule has 0 aromatic carbocycles. The molecule has 0 bridgehead atoms. The largest absolute Gasteiger partial charge is 0.389 e. The highest BCUT2D eigenvalue weighted by Gasteiger charge is 2.47. The molecule has 1 fully saturated rings. The van der Waals surface area contributed by atoms with E-state index in [0.717, 1.165) is 32.1 Å². The number of amides is 1. The summed E-state index contributed by atoms with van der Waals surface area (Å²) in [6.07, 6.45) is -0.458. The fourth-order valence-corrected chi connectivity index (χ4v) is 2.61. The lowest BCUT2D eigenvalue weighted by atomic mass is 9.82. The van der Waals surface area contributed by atoms with Gasteiger partial charge in [0, 0.05) is 6.42 Å². The smallest absolute Gasteiger partial charge is 0.220 e. The molecule has 1 saturated carbocycles. The van der Waals surface area contributed by atoms with Crippen LogP contribution in [0, 0.1) is 0 Å². The molecule has 7 nitrogen and oxygen atoms in total. The number of nitrogens with one attached hydrogen (secondary N) is 1. The van der Waals surface area contributed by atoms with E-state index in [0.29, 0.717) is 6.42 Å². The molecule has 124 valence electrons. The Kier molecular flexibility index (Phi) is 7.55. The summed E-state index contributed by atoms with van der Waals surface area (Å²) < 4.78 is 0. The van der Waals surface area contributed by atoms with Crippen molar-refractivity contribution in [2.75, 3.05) is 0 Å². The van der Waals surface area contributed by atoms with Gasteiger partial charge < -0.3 is 31.5 Å². The third-order valence-corrected chi connectivity index (χ3v) is 4.06. The second-order valence-corrected chi connectivity index (χ2v) is 5.80. The lowest BCUT2D eigenvalue weighted by Crippen LogP contribution is -2.70. The van der Waals surface area contributed by atoms with E-state index < -0.39 is 36.5 Å². The maximum Gasteiger partial charge on any atom is 0.220 e. The highest BCUT2D eigenvalue weighted by molar-refractivity contribution is 5.76. The molecular weight excluding hydrogens is 276 g/mol. The highest BCUT2D eigenvalue weighted by atomic mass is 16.4. The van der Waals surface area contributed by atoms with Crippen LogP contribution in [0.4, 0.5) is 0 Å². The van der Waals surface area contributed by atoms with Crippen LogP contribution in [-0.4, -0.2) is 62.8 Å². The maximum atomic E-state index is 11.8. The van der Waals surface area contributed by atoms with E-state index in [1.165, 1.54) is 0 Å². The number of unbranched alkanes of at least 4 members (excludes halogenated alkanes) is 4. The van der Waals surface area contributed by atoms with Crippen LogP contribution in [0.2, 0.25) is 0 Å². The Morgan fingerprint density at radius 2 is 1.52 bits per heavy atom. The van der Waals surface area contributed by atoms with Crippen molar-refractivity contribution in [3.05, 3.63) is 0 Å². The molecule has 7 heteroatoms. The molecule has 0 aromatic rings. The van der Waals surface area contributed by atoms with E-state index in [1.807, 2.05) is 0 Å². The summed E-state index contributed by atoms with van der Waals surface area (Å²) in [7, 11) is 0. The van der Waals surface area contributed by atoms with Gasteiger partial charge in [-0.15, -0.1) is 0 Å². The topological polar surface area (TPSA) is 136 Å². The monoisotopic (exact) mass is 304 g/mol. The number of carbonyl (C=O) groups excluding carboxylic acids is 1. The van der Waals surface area contributed by atoms with Gasteiger partial charge in [-0.3, -0.25) is 4.79 Å². The molecule has 0 spiro atoms. The molecule has 1 aliphatic rings. The van der Waals surface area contributed by atoms with Crippen molar-refractivity contribution in [3.63, 3.8) is 0 Å². The summed E-state index contributed by atoms with van der Waals surface area (Å²) in [5.74, 6) is -0.276. The van der Waals surface area contributed by atoms with Crippen LogP contribution in [0.15, 0.2) is 0 Å². The average molecular weight is 304 g/mol. The highest BCUT2D eigenvalue weighted by Crippen LogP contribution is 2.20. The Morgan fingerprint density at radius 1 is 0.952 bits per heavy atom. The maximum absolute atomic E-state index is 11.8. The average Bonchev–Trinajstić information content (AvgIpc) is 2.47. The van der Waals surface area contributed by atoms with Gasteiger partial charge in [-0.1, -0.05) is 32.6 Å². The summed E-state index contributed by atoms with van der Waals surface area (Å²) in [5, 5.41) is 41.2. The summed E-state index contributed by atoms with van der Waals surface area (Å²) >= 11 is 0. The van der Waals surface area contributed by atoms with Crippen LogP contribution < -0.4 is 11.1 Å². The van der Waals surface area contributed by atoms with Gasteiger partial charge in [-0.2, -0.15) is 0 Å². The van der Waals surface area contributed by atoms with Gasteiger partial charge in [-0.05, 0) is 6.42 Å². The first-order valence-electron chi connectivity index (χ1n) is 7.67. The van der Waals surface area contributed by atoms with Crippen LogP contribution in [0.25, 0.3) is 0 Å². The molecule has 21 heavy (non-hydrogen) atoms. The summed E-state index contributed by atoms with van der Waals surface area (Å²) in [6.45, 7) is 2.11. The van der Waals surface area contributed by atoms with E-state index >= 15 is 0 Å². The second-order valence-electron chi connectivity index (χ2n) is 5.80. The van der Waals surface area contributed by atoms with Crippen LogP contribution in [-0.2, 0) is 4.79 Å². The number of hydrogen-bond acceptors (Lipinski definition) is 6. The van der Waals surface area contributed by atoms with Crippen molar-refractivity contribution in [3.8, 4) is 0 Å². The molecule has 1 amide bonds. The molecule has 0 saturated heterocycles. The van der Waals surface area contributed by atoms with Crippen molar-refractivity contribution in [2.24, 2.45) is 5.73 Å². The lowest BCUT2D eigenvalue weighted by molar-refractivity contribution is -0.157. The standard InChI is InChI=1S/C14H28N2O5/c1-2-3-4-5-6-7-8(17)16-10-9(15)11(18)13(20)14(21)12(10)19/h9-14,18-21H,2-7,15H2,1H3,(H,16,17)/t9-,10+,11+,12+,13-,14-/m1/s1. The van der Waals surface area contributed by atoms with E-state index in [2.05, 4.69) is 12.2 Å². The van der Waals surface area contributed by atoms with E-state index in [1.54, 1.807) is 0 Å². The Bertz CT molecular complexity index is 312. The van der Waals surface area contributed by atoms with Gasteiger partial charge in [0.1, 0.15) is 18.3 Å². The van der Waals surface area contributed by atoms with Crippen molar-refractivity contribution in [2.45, 2.75) is 81.9 Å². The number of aliphatic hydroxyl groups is 4. The Morgan fingerprint density at radius 3 is 2.14 bits per heavy atom. The number of hydrogen-bond donors (Lipinski definition) is 6. The fraction of sp³-hybridized carbons (Fsp3) is 0.929. The van der Waals surface area contributed by atoms with Gasteiger partial charge >= 0.3 is 0 Å². The predicted octanol–water partition coefficient (Wildman–Crippen LogP) is -1.38. The van der Waals surface area contributed by atoms with Gasteiger partial charge in [0.25, 0.3) is 0 Å². The van der Waals surface area contributed by atoms with Crippen LogP contribution >= 0.6 is 0 Å². The molecule has 0 aromatic heterocycles. The third-order valence-electron chi connectivity index (χ3n) is 4.06. The number of aliphatic hydroxyl groups excluding tert-OH is 4.